The van der Waals surface area contributed by atoms with Gasteiger partial charge in [0.1, 0.15) is 0 Å². The molecule has 7 nitrogen and oxygen atoms in total. The van der Waals surface area contributed by atoms with E-state index in [1.54, 1.807) is 0 Å². The van der Waals surface area contributed by atoms with Crippen molar-refractivity contribution >= 4 is 5.96 Å². The summed E-state index contributed by atoms with van der Waals surface area (Å²) in [7, 11) is 0. The first-order chi connectivity index (χ1) is 14.8. The second kappa shape index (κ2) is 14.9. The second-order valence-corrected chi connectivity index (χ2v) is 7.24. The zero-order chi connectivity index (χ0) is 21.4. The minimum Gasteiger partial charge on any atom is -0.490 e. The number of hydrogen-bond donors (Lipinski definition) is 2. The summed E-state index contributed by atoms with van der Waals surface area (Å²) in [5, 5.41) is 6.70. The maximum absolute atomic E-state index is 5.74. The molecule has 1 saturated heterocycles. The number of guanidine groups is 1. The van der Waals surface area contributed by atoms with Gasteiger partial charge in [0.15, 0.2) is 17.5 Å². The van der Waals surface area contributed by atoms with Crippen LogP contribution in [0.1, 0.15) is 39.2 Å². The Kier molecular flexibility index (Phi) is 12.1. The standard InChI is InChI=1S/C23H39N3O4/c1-4-24-23(25-12-7-14-27-17-20-11-15-28-18-20)26-13-10-19-8-9-21(29-5-2)22(16-19)30-6-3/h8-9,16,20H,4-7,10-15,17-18H2,1-3H3,(H2,24,25,26). The second-order valence-electron chi connectivity index (χ2n) is 7.24. The highest BCUT2D eigenvalue weighted by molar-refractivity contribution is 5.79. The minimum atomic E-state index is 0.568. The van der Waals surface area contributed by atoms with Crippen LogP contribution in [0.25, 0.3) is 0 Å². The Morgan fingerprint density at radius 3 is 2.70 bits per heavy atom. The molecule has 1 aliphatic heterocycles. The van der Waals surface area contributed by atoms with Gasteiger partial charge in [0, 0.05) is 38.8 Å². The van der Waals surface area contributed by atoms with Crippen LogP contribution in [0.3, 0.4) is 0 Å². The highest BCUT2D eigenvalue weighted by Crippen LogP contribution is 2.28. The maximum atomic E-state index is 5.74. The van der Waals surface area contributed by atoms with E-state index in [1.165, 1.54) is 5.56 Å². The molecule has 0 aliphatic carbocycles. The third-order valence-electron chi connectivity index (χ3n) is 4.75. The van der Waals surface area contributed by atoms with Crippen molar-refractivity contribution in [2.45, 2.75) is 40.0 Å². The van der Waals surface area contributed by atoms with Crippen LogP contribution in [-0.4, -0.2) is 65.2 Å². The third kappa shape index (κ3) is 9.22. The minimum absolute atomic E-state index is 0.568. The maximum Gasteiger partial charge on any atom is 0.191 e. The molecule has 0 radical (unpaired) electrons. The largest absolute Gasteiger partial charge is 0.490 e. The van der Waals surface area contributed by atoms with E-state index in [0.717, 1.165) is 82.8 Å². The van der Waals surface area contributed by atoms with Gasteiger partial charge in [0.2, 0.25) is 0 Å². The number of rotatable bonds is 14. The summed E-state index contributed by atoms with van der Waals surface area (Å²) >= 11 is 0. The molecule has 1 atom stereocenters. The number of ether oxygens (including phenoxy) is 4. The van der Waals surface area contributed by atoms with E-state index in [1.807, 2.05) is 19.9 Å². The van der Waals surface area contributed by atoms with Crippen LogP contribution in [-0.2, 0) is 15.9 Å². The van der Waals surface area contributed by atoms with Gasteiger partial charge in [-0.05, 0) is 57.7 Å². The van der Waals surface area contributed by atoms with Crippen LogP contribution in [0, 0.1) is 5.92 Å². The number of aliphatic imine (C=N–C) groups is 1. The van der Waals surface area contributed by atoms with E-state index in [2.05, 4.69) is 34.7 Å². The molecule has 1 aromatic rings. The lowest BCUT2D eigenvalue weighted by Crippen LogP contribution is -2.38. The van der Waals surface area contributed by atoms with Crippen LogP contribution >= 0.6 is 0 Å². The van der Waals surface area contributed by atoms with Gasteiger partial charge in [-0.3, -0.25) is 4.99 Å². The summed E-state index contributed by atoms with van der Waals surface area (Å²) in [6, 6.07) is 6.14. The zero-order valence-corrected chi connectivity index (χ0v) is 18.9. The molecule has 1 aromatic carbocycles. The number of nitrogens with one attached hydrogen (secondary N) is 2. The van der Waals surface area contributed by atoms with Crippen molar-refractivity contribution in [3.8, 4) is 11.5 Å². The molecule has 1 unspecified atom stereocenters. The lowest BCUT2D eigenvalue weighted by molar-refractivity contribution is 0.0893. The SMILES string of the molecule is CCNC(=NCCCOCC1CCOC1)NCCc1ccc(OCC)c(OCC)c1. The Bertz CT molecular complexity index is 618. The summed E-state index contributed by atoms with van der Waals surface area (Å²) in [6.45, 7) is 12.9. The van der Waals surface area contributed by atoms with Crippen molar-refractivity contribution in [1.29, 1.82) is 0 Å². The molecule has 0 amide bonds. The molecular weight excluding hydrogens is 382 g/mol. The molecule has 1 heterocycles. The van der Waals surface area contributed by atoms with Gasteiger partial charge in [0.25, 0.3) is 0 Å². The number of benzene rings is 1. The van der Waals surface area contributed by atoms with Crippen LogP contribution < -0.4 is 20.1 Å². The molecular formula is C23H39N3O4. The molecule has 1 aliphatic rings. The first-order valence-corrected chi connectivity index (χ1v) is 11.3. The first kappa shape index (κ1) is 24.3. The topological polar surface area (TPSA) is 73.3 Å². The predicted molar refractivity (Wildman–Crippen MR) is 121 cm³/mol. The van der Waals surface area contributed by atoms with E-state index in [4.69, 9.17) is 18.9 Å². The van der Waals surface area contributed by atoms with Gasteiger partial charge in [-0.2, -0.15) is 0 Å². The Hall–Kier alpha value is -1.99. The van der Waals surface area contributed by atoms with Crippen LogP contribution in [0.2, 0.25) is 0 Å². The van der Waals surface area contributed by atoms with Crippen LogP contribution in [0.5, 0.6) is 11.5 Å². The number of hydrogen-bond acceptors (Lipinski definition) is 5. The summed E-state index contributed by atoms with van der Waals surface area (Å²) in [4.78, 5) is 4.64. The smallest absolute Gasteiger partial charge is 0.191 e. The van der Waals surface area contributed by atoms with Gasteiger partial charge < -0.3 is 29.6 Å². The van der Waals surface area contributed by atoms with Crippen molar-refractivity contribution in [3.63, 3.8) is 0 Å². The highest BCUT2D eigenvalue weighted by atomic mass is 16.5. The van der Waals surface area contributed by atoms with Crippen molar-refractivity contribution < 1.29 is 18.9 Å². The molecule has 1 fully saturated rings. The molecule has 0 saturated carbocycles. The van der Waals surface area contributed by atoms with Gasteiger partial charge in [-0.1, -0.05) is 6.07 Å². The summed E-state index contributed by atoms with van der Waals surface area (Å²) in [5.74, 6) is 3.02. The van der Waals surface area contributed by atoms with Gasteiger partial charge in [-0.25, -0.2) is 0 Å². The van der Waals surface area contributed by atoms with Crippen molar-refractivity contribution in [2.24, 2.45) is 10.9 Å². The monoisotopic (exact) mass is 421 g/mol. The quantitative estimate of drug-likeness (QED) is 0.273. The summed E-state index contributed by atoms with van der Waals surface area (Å²) in [6.07, 6.45) is 2.91. The molecule has 7 heteroatoms. The Morgan fingerprint density at radius 2 is 1.97 bits per heavy atom. The molecule has 0 spiro atoms. The third-order valence-corrected chi connectivity index (χ3v) is 4.75. The van der Waals surface area contributed by atoms with Crippen molar-refractivity contribution in [1.82, 2.24) is 10.6 Å². The normalized spacial score (nSPS) is 16.5. The lowest BCUT2D eigenvalue weighted by atomic mass is 10.1. The highest BCUT2D eigenvalue weighted by Gasteiger charge is 2.15. The van der Waals surface area contributed by atoms with E-state index in [0.29, 0.717) is 19.1 Å². The lowest BCUT2D eigenvalue weighted by Gasteiger charge is -2.14. The van der Waals surface area contributed by atoms with Crippen LogP contribution in [0.4, 0.5) is 0 Å². The van der Waals surface area contributed by atoms with Gasteiger partial charge >= 0.3 is 0 Å². The molecule has 30 heavy (non-hydrogen) atoms. The average Bonchev–Trinajstić information content (AvgIpc) is 3.26. The van der Waals surface area contributed by atoms with E-state index < -0.39 is 0 Å². The molecule has 170 valence electrons. The predicted octanol–water partition coefficient (Wildman–Crippen LogP) is 3.02. The summed E-state index contributed by atoms with van der Waals surface area (Å²) < 4.78 is 22.5. The van der Waals surface area contributed by atoms with E-state index >= 15 is 0 Å². The molecule has 0 bridgehead atoms. The average molecular weight is 422 g/mol. The zero-order valence-electron chi connectivity index (χ0n) is 18.9. The van der Waals surface area contributed by atoms with Gasteiger partial charge in [-0.15, -0.1) is 0 Å². The summed E-state index contributed by atoms with van der Waals surface area (Å²) in [5.41, 5.74) is 1.20. The first-order valence-electron chi connectivity index (χ1n) is 11.3. The van der Waals surface area contributed by atoms with E-state index in [-0.39, 0.29) is 0 Å². The van der Waals surface area contributed by atoms with Crippen LogP contribution in [0.15, 0.2) is 23.2 Å². The molecule has 0 aromatic heterocycles. The molecule has 2 rings (SSSR count). The molecule has 2 N–H and O–H groups in total. The fourth-order valence-corrected chi connectivity index (χ4v) is 3.24. The fraction of sp³-hybridized carbons (Fsp3) is 0.696. The fourth-order valence-electron chi connectivity index (χ4n) is 3.24. The Morgan fingerprint density at radius 1 is 1.13 bits per heavy atom. The number of nitrogens with zero attached hydrogens (tertiary/aromatic N) is 1. The Labute approximate surface area is 181 Å². The van der Waals surface area contributed by atoms with E-state index in [9.17, 15) is 0 Å². The van der Waals surface area contributed by atoms with Crippen molar-refractivity contribution in [3.05, 3.63) is 23.8 Å². The van der Waals surface area contributed by atoms with Crippen molar-refractivity contribution in [2.75, 3.05) is 59.3 Å². The van der Waals surface area contributed by atoms with Gasteiger partial charge in [0.05, 0.1) is 26.4 Å². The Balaban J connectivity index is 1.71.